The lowest BCUT2D eigenvalue weighted by Crippen LogP contribution is -1.63. The maximum Gasteiger partial charge on any atom is -0.0263 e. The molecule has 0 nitrogen and oxygen atoms in total. The highest BCUT2D eigenvalue weighted by molar-refractivity contribution is 6.92. The summed E-state index contributed by atoms with van der Waals surface area (Å²) in [5.74, 6) is 0. The van der Waals surface area contributed by atoms with Crippen LogP contribution in [0.3, 0.4) is 0 Å². The third-order valence-corrected chi connectivity index (χ3v) is 1.04. The van der Waals surface area contributed by atoms with E-state index in [0.717, 1.165) is 0 Å². The molecule has 2 atom stereocenters. The van der Waals surface area contributed by atoms with E-state index in [2.05, 4.69) is 6.58 Å². The first-order valence-electron chi connectivity index (χ1n) is 2.61. The molecular weight excluding hydrogens is 158 g/mol. The van der Waals surface area contributed by atoms with Crippen LogP contribution in [0.5, 0.6) is 0 Å². The minimum absolute atomic E-state index is 0. The van der Waals surface area contributed by atoms with E-state index in [4.69, 9.17) is 0 Å². The van der Waals surface area contributed by atoms with Crippen molar-refractivity contribution in [2.75, 3.05) is 0 Å². The average Bonchev–Trinajstić information content (AvgIpc) is 1.90. The van der Waals surface area contributed by atoms with Crippen LogP contribution in [0.25, 0.3) is 6.08 Å². The predicted octanol–water partition coefficient (Wildman–Crippen LogP) is 2.45. The summed E-state index contributed by atoms with van der Waals surface area (Å²) in [7, 11) is 0. The van der Waals surface area contributed by atoms with Gasteiger partial charge in [0, 0.05) is 0 Å². The van der Waals surface area contributed by atoms with Crippen LogP contribution in [0.4, 0.5) is 0 Å². The van der Waals surface area contributed by atoms with Crippen molar-refractivity contribution in [1.29, 1.82) is 0 Å². The Morgan fingerprint density at radius 1 is 1.00 bits per heavy atom. The molecule has 1 aromatic carbocycles. The quantitative estimate of drug-likeness (QED) is 0.571. The molecule has 10 heavy (non-hydrogen) atoms. The van der Waals surface area contributed by atoms with Crippen molar-refractivity contribution in [3.63, 3.8) is 0 Å². The fourth-order valence-corrected chi connectivity index (χ4v) is 0.589. The van der Waals surface area contributed by atoms with Gasteiger partial charge in [-0.2, -0.15) is 19.8 Å². The van der Waals surface area contributed by atoms with Crippen molar-refractivity contribution in [2.24, 2.45) is 0 Å². The van der Waals surface area contributed by atoms with Gasteiger partial charge in [0.1, 0.15) is 0 Å². The molecule has 0 radical (unpaired) electrons. The zero-order chi connectivity index (χ0) is 5.82. The van der Waals surface area contributed by atoms with E-state index in [-0.39, 0.29) is 19.8 Å². The second kappa shape index (κ2) is 6.93. The van der Waals surface area contributed by atoms with Crippen molar-refractivity contribution in [3.8, 4) is 0 Å². The molecule has 2 unspecified atom stereocenters. The van der Waals surface area contributed by atoms with E-state index in [1.165, 1.54) is 5.56 Å². The standard InChI is InChI=1S/C8H8.2H3P/c1-2-8-6-4-3-5-7-8;;/h2-7H,1H2;2*1H3. The van der Waals surface area contributed by atoms with Gasteiger partial charge in [0.15, 0.2) is 0 Å². The topological polar surface area (TPSA) is 0 Å². The summed E-state index contributed by atoms with van der Waals surface area (Å²) >= 11 is 0. The highest BCUT2D eigenvalue weighted by Gasteiger charge is 1.75. The third kappa shape index (κ3) is 3.77. The van der Waals surface area contributed by atoms with Crippen LogP contribution in [-0.4, -0.2) is 0 Å². The molecule has 0 aliphatic carbocycles. The molecule has 0 aliphatic heterocycles. The van der Waals surface area contributed by atoms with E-state index in [9.17, 15) is 0 Å². The van der Waals surface area contributed by atoms with E-state index >= 15 is 0 Å². The molecule has 0 saturated carbocycles. The molecule has 1 rings (SSSR count). The molecule has 0 amide bonds. The summed E-state index contributed by atoms with van der Waals surface area (Å²) < 4.78 is 0. The number of rotatable bonds is 1. The number of benzene rings is 1. The van der Waals surface area contributed by atoms with Crippen LogP contribution >= 0.6 is 19.8 Å². The fourth-order valence-electron chi connectivity index (χ4n) is 0.589. The van der Waals surface area contributed by atoms with Crippen LogP contribution in [0.15, 0.2) is 36.9 Å². The van der Waals surface area contributed by atoms with Crippen LogP contribution in [-0.2, 0) is 0 Å². The van der Waals surface area contributed by atoms with E-state index in [1.807, 2.05) is 36.4 Å². The van der Waals surface area contributed by atoms with Crippen LogP contribution in [0.2, 0.25) is 0 Å². The van der Waals surface area contributed by atoms with Gasteiger partial charge in [-0.15, -0.1) is 0 Å². The molecule has 0 spiro atoms. The van der Waals surface area contributed by atoms with Crippen LogP contribution in [0, 0.1) is 0 Å². The minimum atomic E-state index is 0. The second-order valence-corrected chi connectivity index (χ2v) is 1.61. The fraction of sp³-hybridized carbons (Fsp3) is 0. The summed E-state index contributed by atoms with van der Waals surface area (Å²) in [6, 6.07) is 10.0. The molecule has 0 saturated heterocycles. The molecule has 0 aliphatic rings. The van der Waals surface area contributed by atoms with Gasteiger partial charge in [-0.1, -0.05) is 43.0 Å². The van der Waals surface area contributed by atoms with E-state index in [0.29, 0.717) is 0 Å². The van der Waals surface area contributed by atoms with Crippen molar-refractivity contribution in [2.45, 2.75) is 0 Å². The Hall–Kier alpha value is -0.180. The zero-order valence-corrected chi connectivity index (χ0v) is 8.91. The Labute approximate surface area is 69.0 Å². The minimum Gasteiger partial charge on any atom is -0.153 e. The Balaban J connectivity index is 0. The van der Waals surface area contributed by atoms with Crippen molar-refractivity contribution < 1.29 is 0 Å². The molecule has 2 heteroatoms. The molecule has 0 heterocycles. The zero-order valence-electron chi connectivity index (χ0n) is 6.09. The van der Waals surface area contributed by atoms with Gasteiger partial charge in [-0.25, -0.2) is 0 Å². The summed E-state index contributed by atoms with van der Waals surface area (Å²) in [5.41, 5.74) is 1.17. The molecule has 0 bridgehead atoms. The summed E-state index contributed by atoms with van der Waals surface area (Å²) in [5, 5.41) is 0. The third-order valence-electron chi connectivity index (χ3n) is 1.04. The molecule has 0 fully saturated rings. The van der Waals surface area contributed by atoms with E-state index in [1.54, 1.807) is 0 Å². The largest absolute Gasteiger partial charge is 0.153 e. The Kier molecular flexibility index (Phi) is 8.66. The van der Waals surface area contributed by atoms with Crippen molar-refractivity contribution in [1.82, 2.24) is 0 Å². The van der Waals surface area contributed by atoms with Gasteiger partial charge in [0.05, 0.1) is 0 Å². The Bertz CT molecular complexity index is 170. The van der Waals surface area contributed by atoms with E-state index < -0.39 is 0 Å². The van der Waals surface area contributed by atoms with Crippen LogP contribution in [0.1, 0.15) is 5.56 Å². The lowest BCUT2D eigenvalue weighted by atomic mass is 10.2. The first-order chi connectivity index (χ1) is 3.93. The summed E-state index contributed by atoms with van der Waals surface area (Å²) in [6.07, 6.45) is 1.83. The summed E-state index contributed by atoms with van der Waals surface area (Å²) in [6.45, 7) is 3.63. The number of hydrogen-bond acceptors (Lipinski definition) is 0. The highest BCUT2D eigenvalue weighted by atomic mass is 31.0. The first kappa shape index (κ1) is 12.5. The maximum absolute atomic E-state index is 3.63. The summed E-state index contributed by atoms with van der Waals surface area (Å²) in [4.78, 5) is 0. The normalized spacial score (nSPS) is 6.80. The smallest absolute Gasteiger partial charge is 0.0263 e. The lowest BCUT2D eigenvalue weighted by Gasteiger charge is -1.85. The molecule has 0 N–H and O–H groups in total. The second-order valence-electron chi connectivity index (χ2n) is 1.61. The molecule has 1 aromatic rings. The highest BCUT2D eigenvalue weighted by Crippen LogP contribution is 1.97. The van der Waals surface area contributed by atoms with Crippen molar-refractivity contribution in [3.05, 3.63) is 42.5 Å². The molecule has 56 valence electrons. The van der Waals surface area contributed by atoms with Gasteiger partial charge in [0.2, 0.25) is 0 Å². The van der Waals surface area contributed by atoms with Gasteiger partial charge in [-0.3, -0.25) is 0 Å². The lowest BCUT2D eigenvalue weighted by molar-refractivity contribution is 1.67. The van der Waals surface area contributed by atoms with Crippen LogP contribution < -0.4 is 0 Å². The Morgan fingerprint density at radius 2 is 1.50 bits per heavy atom. The maximum atomic E-state index is 3.63. The predicted molar refractivity (Wildman–Crippen MR) is 58.7 cm³/mol. The molecule has 0 aromatic heterocycles. The van der Waals surface area contributed by atoms with Gasteiger partial charge < -0.3 is 0 Å². The van der Waals surface area contributed by atoms with Gasteiger partial charge in [-0.05, 0) is 5.56 Å². The SMILES string of the molecule is C=Cc1ccccc1.P.P. The average molecular weight is 172 g/mol. The molecular formula is C8H14P2. The van der Waals surface area contributed by atoms with Gasteiger partial charge >= 0.3 is 0 Å². The Morgan fingerprint density at radius 3 is 1.80 bits per heavy atom. The van der Waals surface area contributed by atoms with Gasteiger partial charge in [0.25, 0.3) is 0 Å². The van der Waals surface area contributed by atoms with Crippen molar-refractivity contribution >= 4 is 25.9 Å². The monoisotopic (exact) mass is 172 g/mol. The first-order valence-corrected chi connectivity index (χ1v) is 2.61. The number of hydrogen-bond donors (Lipinski definition) is 0.